The van der Waals surface area contributed by atoms with Crippen LogP contribution in [-0.4, -0.2) is 65.4 Å². The van der Waals surface area contributed by atoms with E-state index in [2.05, 4.69) is 25.8 Å². The zero-order chi connectivity index (χ0) is 14.5. The summed E-state index contributed by atoms with van der Waals surface area (Å²) in [5, 5.41) is 18.3. The summed E-state index contributed by atoms with van der Waals surface area (Å²) in [5.74, 6) is -0.447. The van der Waals surface area contributed by atoms with Gasteiger partial charge in [-0.25, -0.2) is 9.78 Å². The molecule has 0 saturated carbocycles. The molecular formula is C13H18BrN3O3. The second-order valence-electron chi connectivity index (χ2n) is 4.74. The molecule has 1 aliphatic rings. The van der Waals surface area contributed by atoms with Crippen molar-refractivity contribution >= 4 is 27.7 Å². The maximum Gasteiger partial charge on any atom is 0.339 e. The smallest absolute Gasteiger partial charge is 0.339 e. The van der Waals surface area contributed by atoms with Crippen molar-refractivity contribution in [2.45, 2.75) is 6.42 Å². The molecule has 2 N–H and O–H groups in total. The molecular weight excluding hydrogens is 326 g/mol. The Morgan fingerprint density at radius 1 is 1.35 bits per heavy atom. The molecule has 1 saturated heterocycles. The molecule has 0 aliphatic carbocycles. The fraction of sp³-hybridized carbons (Fsp3) is 0.538. The van der Waals surface area contributed by atoms with Crippen molar-refractivity contribution in [3.05, 3.63) is 22.3 Å². The second-order valence-corrected chi connectivity index (χ2v) is 5.65. The van der Waals surface area contributed by atoms with Crippen LogP contribution in [0, 0.1) is 0 Å². The number of carboxylic acids is 1. The minimum atomic E-state index is -0.967. The Morgan fingerprint density at radius 3 is 2.85 bits per heavy atom. The Bertz CT molecular complexity index is 484. The first-order chi connectivity index (χ1) is 9.61. The summed E-state index contributed by atoms with van der Waals surface area (Å²) in [5.41, 5.74) is 0.218. The first-order valence-electron chi connectivity index (χ1n) is 6.59. The van der Waals surface area contributed by atoms with Crippen LogP contribution >= 0.6 is 15.9 Å². The van der Waals surface area contributed by atoms with Crippen molar-refractivity contribution in [1.29, 1.82) is 0 Å². The van der Waals surface area contributed by atoms with Crippen LogP contribution in [0.3, 0.4) is 0 Å². The van der Waals surface area contributed by atoms with Crippen LogP contribution in [0.2, 0.25) is 0 Å². The monoisotopic (exact) mass is 343 g/mol. The third kappa shape index (κ3) is 3.68. The number of pyridine rings is 1. The normalized spacial score (nSPS) is 17.0. The maximum atomic E-state index is 11.3. The number of hydrogen-bond acceptors (Lipinski definition) is 5. The number of hydrogen-bond donors (Lipinski definition) is 2. The van der Waals surface area contributed by atoms with Crippen LogP contribution in [0.15, 0.2) is 16.7 Å². The minimum absolute atomic E-state index is 0.150. The van der Waals surface area contributed by atoms with Crippen LogP contribution in [-0.2, 0) is 0 Å². The third-order valence-corrected chi connectivity index (χ3v) is 3.80. The lowest BCUT2D eigenvalue weighted by molar-refractivity contribution is 0.0697. The van der Waals surface area contributed by atoms with E-state index in [0.29, 0.717) is 16.8 Å². The highest BCUT2D eigenvalue weighted by molar-refractivity contribution is 9.10. The van der Waals surface area contributed by atoms with Crippen molar-refractivity contribution in [2.24, 2.45) is 0 Å². The lowest BCUT2D eigenvalue weighted by atomic mass is 10.2. The Morgan fingerprint density at radius 2 is 2.15 bits per heavy atom. The first kappa shape index (κ1) is 15.2. The summed E-state index contributed by atoms with van der Waals surface area (Å²) in [4.78, 5) is 19.8. The summed E-state index contributed by atoms with van der Waals surface area (Å²) < 4.78 is 0.662. The van der Waals surface area contributed by atoms with Gasteiger partial charge in [0.2, 0.25) is 0 Å². The number of aliphatic hydroxyl groups excluding tert-OH is 1. The van der Waals surface area contributed by atoms with Crippen molar-refractivity contribution in [3.63, 3.8) is 0 Å². The summed E-state index contributed by atoms with van der Waals surface area (Å²) in [6, 6.07) is 1.58. The van der Waals surface area contributed by atoms with Gasteiger partial charge in [0.15, 0.2) is 0 Å². The highest BCUT2D eigenvalue weighted by Crippen LogP contribution is 2.22. The quantitative estimate of drug-likeness (QED) is 0.850. The molecule has 2 rings (SSSR count). The van der Waals surface area contributed by atoms with E-state index in [9.17, 15) is 9.90 Å². The summed E-state index contributed by atoms with van der Waals surface area (Å²) in [6.07, 6.45) is 2.55. The molecule has 2 heterocycles. The van der Waals surface area contributed by atoms with Gasteiger partial charge >= 0.3 is 5.97 Å². The number of halogens is 1. The van der Waals surface area contributed by atoms with Crippen molar-refractivity contribution in [1.82, 2.24) is 9.88 Å². The van der Waals surface area contributed by atoms with Crippen molar-refractivity contribution in [3.8, 4) is 0 Å². The van der Waals surface area contributed by atoms with Crippen LogP contribution < -0.4 is 4.90 Å². The standard InChI is InChI=1S/C13H18BrN3O3/c14-10-8-11(13(19)20)12(15-9-10)17-3-1-2-16(4-5-17)6-7-18/h8-9,18H,1-7H2,(H,19,20). The van der Waals surface area contributed by atoms with Gasteiger partial charge in [-0.15, -0.1) is 0 Å². The highest BCUT2D eigenvalue weighted by atomic mass is 79.9. The summed E-state index contributed by atoms with van der Waals surface area (Å²) in [7, 11) is 0. The Balaban J connectivity index is 2.17. The molecule has 0 amide bonds. The molecule has 1 aromatic heterocycles. The average molecular weight is 344 g/mol. The fourth-order valence-electron chi connectivity index (χ4n) is 2.39. The van der Waals surface area contributed by atoms with E-state index in [1.54, 1.807) is 12.3 Å². The minimum Gasteiger partial charge on any atom is -0.478 e. The van der Waals surface area contributed by atoms with E-state index in [4.69, 9.17) is 5.11 Å². The van der Waals surface area contributed by atoms with E-state index in [1.165, 1.54) is 0 Å². The molecule has 0 radical (unpaired) electrons. The van der Waals surface area contributed by atoms with Gasteiger partial charge in [0.25, 0.3) is 0 Å². The summed E-state index contributed by atoms with van der Waals surface area (Å²) >= 11 is 3.25. The topological polar surface area (TPSA) is 76.9 Å². The van der Waals surface area contributed by atoms with E-state index < -0.39 is 5.97 Å². The van der Waals surface area contributed by atoms with Crippen LogP contribution in [0.1, 0.15) is 16.8 Å². The van der Waals surface area contributed by atoms with Gasteiger partial charge in [-0.05, 0) is 35.0 Å². The zero-order valence-electron chi connectivity index (χ0n) is 11.1. The average Bonchev–Trinajstić information content (AvgIpc) is 2.65. The molecule has 0 aromatic carbocycles. The number of aromatic nitrogens is 1. The molecule has 0 bridgehead atoms. The first-order valence-corrected chi connectivity index (χ1v) is 7.38. The zero-order valence-corrected chi connectivity index (χ0v) is 12.7. The number of aromatic carboxylic acids is 1. The van der Waals surface area contributed by atoms with E-state index in [1.807, 2.05) is 4.90 Å². The largest absolute Gasteiger partial charge is 0.478 e. The molecule has 0 spiro atoms. The summed E-state index contributed by atoms with van der Waals surface area (Å²) in [6.45, 7) is 4.02. The Kier molecular flexibility index (Phi) is 5.33. The molecule has 1 aliphatic heterocycles. The number of anilines is 1. The van der Waals surface area contributed by atoms with E-state index in [-0.39, 0.29) is 12.2 Å². The fourth-order valence-corrected chi connectivity index (χ4v) is 2.72. The predicted molar refractivity (Wildman–Crippen MR) is 79.3 cm³/mol. The second kappa shape index (κ2) is 7.01. The van der Waals surface area contributed by atoms with Gasteiger partial charge in [-0.2, -0.15) is 0 Å². The highest BCUT2D eigenvalue weighted by Gasteiger charge is 2.21. The van der Waals surface area contributed by atoms with E-state index in [0.717, 1.165) is 32.6 Å². The number of nitrogens with zero attached hydrogens (tertiary/aromatic N) is 3. The van der Waals surface area contributed by atoms with Crippen molar-refractivity contribution in [2.75, 3.05) is 44.2 Å². The molecule has 20 heavy (non-hydrogen) atoms. The molecule has 1 aromatic rings. The number of carbonyl (C=O) groups is 1. The SMILES string of the molecule is O=C(O)c1cc(Br)cnc1N1CCCN(CCO)CC1. The number of β-amino-alcohol motifs (C(OH)–C–C–N with tert-alkyl or cyclic N) is 1. The van der Waals surface area contributed by atoms with Gasteiger partial charge in [0.1, 0.15) is 11.4 Å². The van der Waals surface area contributed by atoms with Crippen molar-refractivity contribution < 1.29 is 15.0 Å². The molecule has 6 nitrogen and oxygen atoms in total. The van der Waals surface area contributed by atoms with Gasteiger partial charge in [0.05, 0.1) is 6.61 Å². The third-order valence-electron chi connectivity index (χ3n) is 3.37. The molecule has 0 unspecified atom stereocenters. The number of carboxylic acid groups (broad SMARTS) is 1. The molecule has 110 valence electrons. The van der Waals surface area contributed by atoms with Gasteiger partial charge in [-0.3, -0.25) is 4.90 Å². The lowest BCUT2D eigenvalue weighted by Gasteiger charge is -2.23. The van der Waals surface area contributed by atoms with Crippen LogP contribution in [0.4, 0.5) is 5.82 Å². The predicted octanol–water partition coefficient (Wildman–Crippen LogP) is 1.05. The Labute approximate surface area is 126 Å². The van der Waals surface area contributed by atoms with Gasteiger partial charge < -0.3 is 15.1 Å². The van der Waals surface area contributed by atoms with Crippen LogP contribution in [0.25, 0.3) is 0 Å². The molecule has 0 atom stereocenters. The molecule has 7 heteroatoms. The van der Waals surface area contributed by atoms with E-state index >= 15 is 0 Å². The molecule has 1 fully saturated rings. The van der Waals surface area contributed by atoms with Gasteiger partial charge in [-0.1, -0.05) is 0 Å². The maximum absolute atomic E-state index is 11.3. The number of aliphatic hydroxyl groups is 1. The number of rotatable bonds is 4. The van der Waals surface area contributed by atoms with Crippen LogP contribution in [0.5, 0.6) is 0 Å². The Hall–Kier alpha value is -1.18. The lowest BCUT2D eigenvalue weighted by Crippen LogP contribution is -2.33. The van der Waals surface area contributed by atoms with Gasteiger partial charge in [0, 0.05) is 36.8 Å².